The molecule has 0 spiro atoms. The van der Waals surface area contributed by atoms with Crippen molar-refractivity contribution in [2.45, 2.75) is 26.0 Å². The van der Waals surface area contributed by atoms with Gasteiger partial charge in [-0.2, -0.15) is 0 Å². The molecule has 5 nitrogen and oxygen atoms in total. The van der Waals surface area contributed by atoms with E-state index in [1.54, 1.807) is 37.3 Å². The summed E-state index contributed by atoms with van der Waals surface area (Å²) in [6.07, 6.45) is -0.882. The highest BCUT2D eigenvalue weighted by molar-refractivity contribution is 6.31. The molecule has 0 fully saturated rings. The second-order valence-corrected chi connectivity index (χ2v) is 6.00. The number of phenolic OH excluding ortho intramolecular Hbond substituents is 1. The Kier molecular flexibility index (Phi) is 6.06. The van der Waals surface area contributed by atoms with E-state index in [2.05, 4.69) is 5.32 Å². The van der Waals surface area contributed by atoms with Gasteiger partial charge in [-0.25, -0.2) is 0 Å². The quantitative estimate of drug-likeness (QED) is 0.749. The second-order valence-electron chi connectivity index (χ2n) is 5.59. The van der Waals surface area contributed by atoms with Crippen LogP contribution >= 0.6 is 11.6 Å². The molecule has 0 saturated carbocycles. The molecule has 0 radical (unpaired) electrons. The molecule has 0 aliphatic rings. The number of carbonyl (C=O) groups excluding carboxylic acids is 1. The molecular weight excluding hydrogens is 330 g/mol. The molecule has 0 heterocycles. The molecule has 2 aromatic rings. The Balaban J connectivity index is 1.86. The molecule has 128 valence electrons. The zero-order valence-corrected chi connectivity index (χ0v) is 14.2. The first-order valence-corrected chi connectivity index (χ1v) is 7.90. The summed E-state index contributed by atoms with van der Waals surface area (Å²) in [5.74, 6) is 0.334. The van der Waals surface area contributed by atoms with Gasteiger partial charge >= 0.3 is 0 Å². The number of nitrogens with one attached hydrogen (secondary N) is 1. The Morgan fingerprint density at radius 1 is 1.25 bits per heavy atom. The van der Waals surface area contributed by atoms with Gasteiger partial charge < -0.3 is 20.3 Å². The third-order valence-corrected chi connectivity index (χ3v) is 4.02. The summed E-state index contributed by atoms with van der Waals surface area (Å²) in [6.45, 7) is 3.39. The predicted molar refractivity (Wildman–Crippen MR) is 92.4 cm³/mol. The highest BCUT2D eigenvalue weighted by Gasteiger charge is 2.18. The number of benzene rings is 2. The largest absolute Gasteiger partial charge is 0.508 e. The van der Waals surface area contributed by atoms with E-state index in [0.717, 1.165) is 5.56 Å². The Morgan fingerprint density at radius 3 is 2.54 bits per heavy atom. The zero-order valence-electron chi connectivity index (χ0n) is 13.5. The second kappa shape index (κ2) is 8.04. The van der Waals surface area contributed by atoms with Crippen LogP contribution in [0, 0.1) is 6.92 Å². The molecule has 6 heteroatoms. The van der Waals surface area contributed by atoms with Gasteiger partial charge in [0, 0.05) is 5.02 Å². The van der Waals surface area contributed by atoms with Crippen molar-refractivity contribution in [2.24, 2.45) is 0 Å². The van der Waals surface area contributed by atoms with Gasteiger partial charge in [-0.05, 0) is 55.3 Å². The van der Waals surface area contributed by atoms with Gasteiger partial charge in [-0.3, -0.25) is 4.79 Å². The summed E-state index contributed by atoms with van der Waals surface area (Å²) in [4.78, 5) is 12.0. The van der Waals surface area contributed by atoms with Gasteiger partial charge in [0.15, 0.2) is 6.61 Å². The van der Waals surface area contributed by atoms with Crippen molar-refractivity contribution in [1.29, 1.82) is 0 Å². The molecule has 24 heavy (non-hydrogen) atoms. The zero-order chi connectivity index (χ0) is 17.7. The van der Waals surface area contributed by atoms with Gasteiger partial charge in [-0.15, -0.1) is 0 Å². The lowest BCUT2D eigenvalue weighted by Gasteiger charge is -2.20. The van der Waals surface area contributed by atoms with Crippen LogP contribution in [0.25, 0.3) is 0 Å². The third kappa shape index (κ3) is 4.88. The normalized spacial score (nSPS) is 13.2. The number of aliphatic hydroxyl groups excluding tert-OH is 1. The monoisotopic (exact) mass is 349 g/mol. The smallest absolute Gasteiger partial charge is 0.258 e. The standard InChI is InChI=1S/C18H20ClNO4/c1-11-9-15(7-8-16(11)19)24-10-17(22)20-12(2)18(23)13-3-5-14(21)6-4-13/h3-9,12,18,21,23H,10H2,1-2H3,(H,20,22)/t12-,18-/m0/s1. The van der Waals surface area contributed by atoms with Crippen LogP contribution in [0.4, 0.5) is 0 Å². The number of rotatable bonds is 6. The van der Waals surface area contributed by atoms with Crippen molar-refractivity contribution < 1.29 is 19.7 Å². The molecule has 0 saturated heterocycles. The van der Waals surface area contributed by atoms with Gasteiger partial charge in [0.1, 0.15) is 11.5 Å². The first kappa shape index (κ1) is 18.1. The number of halogens is 1. The van der Waals surface area contributed by atoms with Crippen molar-refractivity contribution >= 4 is 17.5 Å². The maximum Gasteiger partial charge on any atom is 0.258 e. The van der Waals surface area contributed by atoms with E-state index in [-0.39, 0.29) is 18.3 Å². The summed E-state index contributed by atoms with van der Waals surface area (Å²) in [7, 11) is 0. The van der Waals surface area contributed by atoms with E-state index < -0.39 is 12.1 Å². The summed E-state index contributed by atoms with van der Waals surface area (Å²) >= 11 is 5.94. The molecule has 0 aliphatic heterocycles. The van der Waals surface area contributed by atoms with Crippen molar-refractivity contribution in [2.75, 3.05) is 6.61 Å². The number of phenols is 1. The van der Waals surface area contributed by atoms with Gasteiger partial charge in [0.2, 0.25) is 0 Å². The highest BCUT2D eigenvalue weighted by Crippen LogP contribution is 2.21. The van der Waals surface area contributed by atoms with Crippen LogP contribution in [0.3, 0.4) is 0 Å². The average Bonchev–Trinajstić information content (AvgIpc) is 2.56. The summed E-state index contributed by atoms with van der Waals surface area (Å²) < 4.78 is 5.42. The maximum atomic E-state index is 12.0. The average molecular weight is 350 g/mol. The molecule has 2 aromatic carbocycles. The lowest BCUT2D eigenvalue weighted by Crippen LogP contribution is -2.39. The van der Waals surface area contributed by atoms with Crippen molar-refractivity contribution in [1.82, 2.24) is 5.32 Å². The van der Waals surface area contributed by atoms with Crippen LogP contribution in [0.15, 0.2) is 42.5 Å². The third-order valence-electron chi connectivity index (χ3n) is 3.60. The van der Waals surface area contributed by atoms with Crippen LogP contribution in [0.5, 0.6) is 11.5 Å². The number of hydrogen-bond acceptors (Lipinski definition) is 4. The Hall–Kier alpha value is -2.24. The predicted octanol–water partition coefficient (Wildman–Crippen LogP) is 2.97. The van der Waals surface area contributed by atoms with Crippen molar-refractivity contribution in [3.8, 4) is 11.5 Å². The molecule has 0 aliphatic carbocycles. The minimum absolute atomic E-state index is 0.120. The fourth-order valence-electron chi connectivity index (χ4n) is 2.19. The number of ether oxygens (including phenoxy) is 1. The maximum absolute atomic E-state index is 12.0. The summed E-state index contributed by atoms with van der Waals surface area (Å²) in [5.41, 5.74) is 1.47. The number of amides is 1. The van der Waals surface area contributed by atoms with Crippen LogP contribution in [-0.4, -0.2) is 28.8 Å². The van der Waals surface area contributed by atoms with Crippen LogP contribution < -0.4 is 10.1 Å². The minimum Gasteiger partial charge on any atom is -0.508 e. The topological polar surface area (TPSA) is 78.8 Å². The van der Waals surface area contributed by atoms with Crippen LogP contribution in [0.1, 0.15) is 24.2 Å². The number of carbonyl (C=O) groups is 1. The Morgan fingerprint density at radius 2 is 1.92 bits per heavy atom. The fraction of sp³-hybridized carbons (Fsp3) is 0.278. The molecular formula is C18H20ClNO4. The lowest BCUT2D eigenvalue weighted by molar-refractivity contribution is -0.124. The molecule has 1 amide bonds. The highest BCUT2D eigenvalue weighted by atomic mass is 35.5. The summed E-state index contributed by atoms with van der Waals surface area (Å²) in [6, 6.07) is 10.8. The van der Waals surface area contributed by atoms with Crippen LogP contribution in [0.2, 0.25) is 5.02 Å². The summed E-state index contributed by atoms with van der Waals surface area (Å²) in [5, 5.41) is 22.8. The van der Waals surface area contributed by atoms with Crippen molar-refractivity contribution in [3.05, 3.63) is 58.6 Å². The van der Waals surface area contributed by atoms with E-state index in [9.17, 15) is 15.0 Å². The number of aromatic hydroxyl groups is 1. The van der Waals surface area contributed by atoms with E-state index >= 15 is 0 Å². The van der Waals surface area contributed by atoms with Gasteiger partial charge in [-0.1, -0.05) is 23.7 Å². The molecule has 0 bridgehead atoms. The molecule has 3 N–H and O–H groups in total. The lowest BCUT2D eigenvalue weighted by atomic mass is 10.0. The van der Waals surface area contributed by atoms with Gasteiger partial charge in [0.05, 0.1) is 12.1 Å². The number of hydrogen-bond donors (Lipinski definition) is 3. The van der Waals surface area contributed by atoms with E-state index in [1.165, 1.54) is 12.1 Å². The van der Waals surface area contributed by atoms with E-state index in [4.69, 9.17) is 16.3 Å². The molecule has 0 aromatic heterocycles. The number of aryl methyl sites for hydroxylation is 1. The first-order valence-electron chi connectivity index (χ1n) is 7.52. The molecule has 2 rings (SSSR count). The van der Waals surface area contributed by atoms with Crippen LogP contribution in [-0.2, 0) is 4.79 Å². The Bertz CT molecular complexity index is 703. The Labute approximate surface area is 145 Å². The SMILES string of the molecule is Cc1cc(OCC(=O)N[C@@H](C)[C@H](O)c2ccc(O)cc2)ccc1Cl. The number of aliphatic hydroxyl groups is 1. The van der Waals surface area contributed by atoms with E-state index in [0.29, 0.717) is 16.3 Å². The van der Waals surface area contributed by atoms with Gasteiger partial charge in [0.25, 0.3) is 5.91 Å². The van der Waals surface area contributed by atoms with Crippen molar-refractivity contribution in [3.63, 3.8) is 0 Å². The molecule has 2 atom stereocenters. The first-order chi connectivity index (χ1) is 11.4. The fourth-order valence-corrected chi connectivity index (χ4v) is 2.31. The molecule has 0 unspecified atom stereocenters. The van der Waals surface area contributed by atoms with E-state index in [1.807, 2.05) is 6.92 Å². The minimum atomic E-state index is -0.882.